The summed E-state index contributed by atoms with van der Waals surface area (Å²) in [5, 5.41) is 3.24. The molecule has 0 bridgehead atoms. The third kappa shape index (κ3) is 4.62. The summed E-state index contributed by atoms with van der Waals surface area (Å²) < 4.78 is 40.6. The van der Waals surface area contributed by atoms with Crippen molar-refractivity contribution in [1.82, 2.24) is 4.98 Å². The van der Waals surface area contributed by atoms with Gasteiger partial charge in [-0.05, 0) is 79.9 Å². The van der Waals surface area contributed by atoms with Crippen LogP contribution in [0.4, 0.5) is 21.6 Å². The molecular formula is C20H20FN3O2S. The number of aryl methyl sites for hydroxylation is 3. The molecule has 2 N–H and O–H groups in total. The molecule has 0 fully saturated rings. The van der Waals surface area contributed by atoms with Crippen molar-refractivity contribution in [2.24, 2.45) is 0 Å². The van der Waals surface area contributed by atoms with E-state index < -0.39 is 15.8 Å². The van der Waals surface area contributed by atoms with Gasteiger partial charge in [0, 0.05) is 5.69 Å². The molecule has 0 saturated carbocycles. The summed E-state index contributed by atoms with van der Waals surface area (Å²) in [6.45, 7) is 5.55. The van der Waals surface area contributed by atoms with Gasteiger partial charge in [0.25, 0.3) is 10.0 Å². The van der Waals surface area contributed by atoms with Crippen LogP contribution in [-0.4, -0.2) is 13.4 Å². The summed E-state index contributed by atoms with van der Waals surface area (Å²) >= 11 is 0. The second kappa shape index (κ2) is 7.36. The number of nitrogens with one attached hydrogen (secondary N) is 2. The van der Waals surface area contributed by atoms with Crippen LogP contribution in [0.2, 0.25) is 0 Å². The van der Waals surface area contributed by atoms with Crippen LogP contribution in [0.15, 0.2) is 59.6 Å². The number of nitrogens with zero attached hydrogens (tertiary/aromatic N) is 1. The van der Waals surface area contributed by atoms with E-state index in [1.807, 2.05) is 26.0 Å². The largest absolute Gasteiger partial charge is 0.354 e. The highest BCUT2D eigenvalue weighted by Gasteiger charge is 2.16. The Kier molecular flexibility index (Phi) is 5.14. The molecule has 0 unspecified atom stereocenters. The predicted molar refractivity (Wildman–Crippen MR) is 105 cm³/mol. The third-order valence-electron chi connectivity index (χ3n) is 3.95. The molecule has 0 aliphatic carbocycles. The maximum atomic E-state index is 13.4. The molecule has 140 valence electrons. The SMILES string of the molecule is Cc1cc(C)cc(Nc2ccc(NS(=O)(=O)c3ccc(F)c(C)c3)nc2)c1. The van der Waals surface area contributed by atoms with Gasteiger partial charge in [0.2, 0.25) is 0 Å². The number of rotatable bonds is 5. The highest BCUT2D eigenvalue weighted by atomic mass is 32.2. The highest BCUT2D eigenvalue weighted by molar-refractivity contribution is 7.92. The molecule has 2 aromatic carbocycles. The lowest BCUT2D eigenvalue weighted by molar-refractivity contribution is 0.598. The summed E-state index contributed by atoms with van der Waals surface area (Å²) in [4.78, 5) is 4.13. The second-order valence-corrected chi connectivity index (χ2v) is 8.13. The number of hydrogen-bond donors (Lipinski definition) is 2. The molecule has 1 heterocycles. The second-order valence-electron chi connectivity index (χ2n) is 6.45. The van der Waals surface area contributed by atoms with Gasteiger partial charge >= 0.3 is 0 Å². The van der Waals surface area contributed by atoms with Crippen LogP contribution in [0.1, 0.15) is 16.7 Å². The average molecular weight is 385 g/mol. The van der Waals surface area contributed by atoms with Gasteiger partial charge in [-0.3, -0.25) is 4.72 Å². The minimum atomic E-state index is -3.84. The topological polar surface area (TPSA) is 71.1 Å². The highest BCUT2D eigenvalue weighted by Crippen LogP contribution is 2.21. The molecule has 5 nitrogen and oxygen atoms in total. The molecule has 0 amide bonds. The third-order valence-corrected chi connectivity index (χ3v) is 5.30. The quantitative estimate of drug-likeness (QED) is 0.668. The van der Waals surface area contributed by atoms with Crippen molar-refractivity contribution < 1.29 is 12.8 Å². The van der Waals surface area contributed by atoms with Crippen LogP contribution in [0.25, 0.3) is 0 Å². The van der Waals surface area contributed by atoms with Crippen LogP contribution in [0.5, 0.6) is 0 Å². The number of hydrogen-bond acceptors (Lipinski definition) is 4. The monoisotopic (exact) mass is 385 g/mol. The first kappa shape index (κ1) is 18.8. The molecule has 0 aliphatic rings. The van der Waals surface area contributed by atoms with E-state index in [-0.39, 0.29) is 16.3 Å². The first-order chi connectivity index (χ1) is 12.7. The van der Waals surface area contributed by atoms with Crippen molar-refractivity contribution in [3.05, 3.63) is 77.2 Å². The van der Waals surface area contributed by atoms with Gasteiger partial charge in [-0.1, -0.05) is 6.07 Å². The van der Waals surface area contributed by atoms with E-state index in [4.69, 9.17) is 0 Å². The molecule has 0 spiro atoms. The summed E-state index contributed by atoms with van der Waals surface area (Å²) in [5.74, 6) is -0.267. The molecule has 0 radical (unpaired) electrons. The zero-order valence-electron chi connectivity index (χ0n) is 15.2. The van der Waals surface area contributed by atoms with Crippen molar-refractivity contribution in [2.75, 3.05) is 10.0 Å². The molecular weight excluding hydrogens is 365 g/mol. The Morgan fingerprint density at radius 2 is 1.59 bits per heavy atom. The van der Waals surface area contributed by atoms with Crippen molar-refractivity contribution in [3.8, 4) is 0 Å². The molecule has 3 aromatic rings. The minimum Gasteiger partial charge on any atom is -0.354 e. The lowest BCUT2D eigenvalue weighted by Gasteiger charge is -2.11. The minimum absolute atomic E-state index is 0.0133. The average Bonchev–Trinajstić information content (AvgIpc) is 2.58. The fraction of sp³-hybridized carbons (Fsp3) is 0.150. The number of anilines is 3. The first-order valence-corrected chi connectivity index (χ1v) is 9.81. The molecule has 0 atom stereocenters. The molecule has 1 aromatic heterocycles. The van der Waals surface area contributed by atoms with Crippen LogP contribution in [-0.2, 0) is 10.0 Å². The first-order valence-electron chi connectivity index (χ1n) is 8.33. The Balaban J connectivity index is 1.76. The van der Waals surface area contributed by atoms with Gasteiger partial charge in [-0.15, -0.1) is 0 Å². The Morgan fingerprint density at radius 3 is 2.19 bits per heavy atom. The Hall–Kier alpha value is -2.93. The van der Waals surface area contributed by atoms with E-state index in [0.29, 0.717) is 0 Å². The number of aromatic nitrogens is 1. The zero-order valence-corrected chi connectivity index (χ0v) is 16.1. The van der Waals surface area contributed by atoms with E-state index in [0.717, 1.165) is 28.6 Å². The lowest BCUT2D eigenvalue weighted by atomic mass is 10.1. The smallest absolute Gasteiger partial charge is 0.263 e. The van der Waals surface area contributed by atoms with Gasteiger partial charge in [0.15, 0.2) is 0 Å². The molecule has 27 heavy (non-hydrogen) atoms. The number of halogens is 1. The van der Waals surface area contributed by atoms with Crippen molar-refractivity contribution in [3.63, 3.8) is 0 Å². The van der Waals surface area contributed by atoms with Crippen LogP contribution in [0.3, 0.4) is 0 Å². The van der Waals surface area contributed by atoms with Gasteiger partial charge in [-0.2, -0.15) is 0 Å². The predicted octanol–water partition coefficient (Wildman–Crippen LogP) is 4.69. The van der Waals surface area contributed by atoms with Crippen LogP contribution < -0.4 is 10.0 Å². The van der Waals surface area contributed by atoms with E-state index in [1.54, 1.807) is 18.3 Å². The van der Waals surface area contributed by atoms with E-state index in [9.17, 15) is 12.8 Å². The Morgan fingerprint density at radius 1 is 0.889 bits per heavy atom. The maximum absolute atomic E-state index is 13.4. The zero-order chi connectivity index (χ0) is 19.6. The normalized spacial score (nSPS) is 11.3. The van der Waals surface area contributed by atoms with Gasteiger partial charge in [0.1, 0.15) is 11.6 Å². The summed E-state index contributed by atoms with van der Waals surface area (Å²) in [6, 6.07) is 13.1. The van der Waals surface area contributed by atoms with Gasteiger partial charge < -0.3 is 5.32 Å². The molecule has 3 rings (SSSR count). The number of pyridine rings is 1. The van der Waals surface area contributed by atoms with Gasteiger partial charge in [0.05, 0.1) is 16.8 Å². The molecule has 0 aliphatic heterocycles. The summed E-state index contributed by atoms with van der Waals surface area (Å²) in [5.41, 5.74) is 4.22. The Bertz CT molecular complexity index is 1060. The van der Waals surface area contributed by atoms with Crippen molar-refractivity contribution in [2.45, 2.75) is 25.7 Å². The fourth-order valence-electron chi connectivity index (χ4n) is 2.72. The number of sulfonamides is 1. The van der Waals surface area contributed by atoms with Crippen LogP contribution in [0, 0.1) is 26.6 Å². The molecule has 7 heteroatoms. The van der Waals surface area contributed by atoms with Crippen molar-refractivity contribution in [1.29, 1.82) is 0 Å². The van der Waals surface area contributed by atoms with Crippen molar-refractivity contribution >= 4 is 27.2 Å². The van der Waals surface area contributed by atoms with E-state index in [1.165, 1.54) is 19.1 Å². The fourth-order valence-corrected chi connectivity index (χ4v) is 3.82. The Labute approximate surface area is 158 Å². The van der Waals surface area contributed by atoms with E-state index in [2.05, 4.69) is 21.1 Å². The lowest BCUT2D eigenvalue weighted by Crippen LogP contribution is -2.14. The van der Waals surface area contributed by atoms with Crippen LogP contribution >= 0.6 is 0 Å². The summed E-state index contributed by atoms with van der Waals surface area (Å²) in [7, 11) is -3.84. The maximum Gasteiger partial charge on any atom is 0.263 e. The molecule has 0 saturated heterocycles. The number of benzene rings is 2. The van der Waals surface area contributed by atoms with Gasteiger partial charge in [-0.25, -0.2) is 17.8 Å². The standard InChI is InChI=1S/C20H20FN3O2S/c1-13-8-14(2)10-17(9-13)23-16-4-7-20(22-12-16)24-27(25,26)18-5-6-19(21)15(3)11-18/h4-12,23H,1-3H3,(H,22,24). The summed E-state index contributed by atoms with van der Waals surface area (Å²) in [6.07, 6.45) is 1.55. The van der Waals surface area contributed by atoms with E-state index >= 15 is 0 Å².